The van der Waals surface area contributed by atoms with Gasteiger partial charge in [-0.15, -0.1) is 0 Å². The van der Waals surface area contributed by atoms with E-state index in [0.717, 1.165) is 30.6 Å². The van der Waals surface area contributed by atoms with E-state index in [1.165, 1.54) is 29.6 Å². The molecule has 0 aromatic carbocycles. The summed E-state index contributed by atoms with van der Waals surface area (Å²) in [6.07, 6.45) is 10.1. The molecule has 29 heavy (non-hydrogen) atoms. The van der Waals surface area contributed by atoms with Gasteiger partial charge < -0.3 is 9.88 Å². The van der Waals surface area contributed by atoms with Crippen LogP contribution in [0.25, 0.3) is 6.08 Å². The molecule has 7 heteroatoms. The van der Waals surface area contributed by atoms with Crippen molar-refractivity contribution in [1.29, 1.82) is 0 Å². The molecule has 0 saturated heterocycles. The molecule has 0 atom stereocenters. The molecular formula is C22H30N6O. The Bertz CT molecular complexity index is 924. The Kier molecular flexibility index (Phi) is 6.59. The standard InChI is InChI=1S/C22H30N6O/c1-14(2)20-17(8-6-7-9-28(4)5)15(3)25-19(20)10-18-21(26-27-22(18)29)16-11-23-13-24-12-16/h10-14,25H,6-9H2,1-5H3,(H,27,29)/b18-10+. The van der Waals surface area contributed by atoms with Crippen LogP contribution in [0.1, 0.15) is 60.7 Å². The lowest BCUT2D eigenvalue weighted by atomic mass is 9.93. The van der Waals surface area contributed by atoms with Crippen molar-refractivity contribution >= 4 is 17.7 Å². The van der Waals surface area contributed by atoms with E-state index in [1.54, 1.807) is 12.4 Å². The van der Waals surface area contributed by atoms with Crippen molar-refractivity contribution in [3.8, 4) is 0 Å². The molecule has 1 aliphatic heterocycles. The predicted octanol–water partition coefficient (Wildman–Crippen LogP) is 3.04. The van der Waals surface area contributed by atoms with Gasteiger partial charge in [0.2, 0.25) is 0 Å². The minimum absolute atomic E-state index is 0.210. The number of hydrogen-bond donors (Lipinski definition) is 2. The van der Waals surface area contributed by atoms with Gasteiger partial charge >= 0.3 is 0 Å². The molecule has 2 N–H and O–H groups in total. The normalized spacial score (nSPS) is 15.5. The van der Waals surface area contributed by atoms with E-state index in [4.69, 9.17) is 0 Å². The maximum absolute atomic E-state index is 12.5. The fraction of sp³-hybridized carbons (Fsp3) is 0.455. The van der Waals surface area contributed by atoms with E-state index in [1.807, 2.05) is 6.08 Å². The number of hydrazone groups is 1. The summed E-state index contributed by atoms with van der Waals surface area (Å²) in [6.45, 7) is 7.60. The van der Waals surface area contributed by atoms with Crippen LogP contribution in [-0.4, -0.2) is 52.1 Å². The fourth-order valence-electron chi connectivity index (χ4n) is 3.79. The average molecular weight is 395 g/mol. The minimum atomic E-state index is -0.210. The Morgan fingerprint density at radius 1 is 1.17 bits per heavy atom. The maximum atomic E-state index is 12.5. The highest BCUT2D eigenvalue weighted by Gasteiger charge is 2.26. The second kappa shape index (κ2) is 9.13. The van der Waals surface area contributed by atoms with Gasteiger partial charge in [0.15, 0.2) is 0 Å². The molecule has 0 radical (unpaired) electrons. The molecule has 0 aliphatic carbocycles. The van der Waals surface area contributed by atoms with Crippen molar-refractivity contribution in [3.05, 3.63) is 52.4 Å². The number of hydrogen-bond acceptors (Lipinski definition) is 5. The van der Waals surface area contributed by atoms with Crippen LogP contribution >= 0.6 is 0 Å². The van der Waals surface area contributed by atoms with Crippen LogP contribution in [0.3, 0.4) is 0 Å². The summed E-state index contributed by atoms with van der Waals surface area (Å²) in [6, 6.07) is 0. The zero-order valence-corrected chi connectivity index (χ0v) is 17.9. The number of amides is 1. The summed E-state index contributed by atoms with van der Waals surface area (Å²) in [5.41, 5.74) is 9.19. The lowest BCUT2D eigenvalue weighted by Crippen LogP contribution is -2.14. The zero-order valence-electron chi connectivity index (χ0n) is 17.9. The zero-order chi connectivity index (χ0) is 21.0. The molecule has 3 heterocycles. The summed E-state index contributed by atoms with van der Waals surface area (Å²) in [5.74, 6) is 0.138. The number of nitrogens with zero attached hydrogens (tertiary/aromatic N) is 4. The number of rotatable bonds is 8. The first-order chi connectivity index (χ1) is 13.9. The highest BCUT2D eigenvalue weighted by Crippen LogP contribution is 2.30. The van der Waals surface area contributed by atoms with Gasteiger partial charge in [0.1, 0.15) is 12.0 Å². The average Bonchev–Trinajstić information content (AvgIpc) is 3.19. The largest absolute Gasteiger partial charge is 0.359 e. The molecule has 3 rings (SSSR count). The molecule has 0 saturated carbocycles. The number of carbonyl (C=O) groups excluding carboxylic acids is 1. The predicted molar refractivity (Wildman–Crippen MR) is 116 cm³/mol. The van der Waals surface area contributed by atoms with Gasteiger partial charge in [-0.3, -0.25) is 4.79 Å². The number of aromatic amines is 1. The molecule has 7 nitrogen and oxygen atoms in total. The highest BCUT2D eigenvalue weighted by atomic mass is 16.2. The van der Waals surface area contributed by atoms with Crippen LogP contribution in [0.15, 0.2) is 29.4 Å². The van der Waals surface area contributed by atoms with Crippen molar-refractivity contribution in [2.24, 2.45) is 5.10 Å². The number of unbranched alkanes of at least 4 members (excludes halogenated alkanes) is 1. The molecule has 0 spiro atoms. The van der Waals surface area contributed by atoms with Crippen LogP contribution in [0.2, 0.25) is 0 Å². The summed E-state index contributed by atoms with van der Waals surface area (Å²) in [4.78, 5) is 26.3. The molecule has 1 amide bonds. The lowest BCUT2D eigenvalue weighted by Gasteiger charge is -2.12. The number of H-pyrrole nitrogens is 1. The van der Waals surface area contributed by atoms with Crippen LogP contribution in [0, 0.1) is 6.92 Å². The van der Waals surface area contributed by atoms with Crippen LogP contribution in [0.4, 0.5) is 0 Å². The molecule has 154 valence electrons. The molecule has 0 fully saturated rings. The first-order valence-electron chi connectivity index (χ1n) is 10.1. The number of aromatic nitrogens is 3. The van der Waals surface area contributed by atoms with E-state index < -0.39 is 0 Å². The fourth-order valence-corrected chi connectivity index (χ4v) is 3.79. The molecule has 0 bridgehead atoms. The topological polar surface area (TPSA) is 86.3 Å². The van der Waals surface area contributed by atoms with Crippen molar-refractivity contribution in [2.75, 3.05) is 20.6 Å². The second-order valence-electron chi connectivity index (χ2n) is 8.06. The Hall–Kier alpha value is -2.80. The van der Waals surface area contributed by atoms with E-state index >= 15 is 0 Å². The summed E-state index contributed by atoms with van der Waals surface area (Å²) >= 11 is 0. The van der Waals surface area contributed by atoms with Crippen LogP contribution < -0.4 is 5.43 Å². The molecule has 1 aliphatic rings. The van der Waals surface area contributed by atoms with Gasteiger partial charge in [0, 0.05) is 29.3 Å². The van der Waals surface area contributed by atoms with Crippen LogP contribution in [0.5, 0.6) is 0 Å². The SMILES string of the molecule is Cc1[nH]c(/C=C2/C(=O)NN=C2c2cncnc2)c(C(C)C)c1CCCCN(C)C. The Morgan fingerprint density at radius 3 is 2.55 bits per heavy atom. The van der Waals surface area contributed by atoms with E-state index in [9.17, 15) is 4.79 Å². The lowest BCUT2D eigenvalue weighted by molar-refractivity contribution is -0.116. The van der Waals surface area contributed by atoms with Gasteiger partial charge in [-0.25, -0.2) is 15.4 Å². The van der Waals surface area contributed by atoms with Gasteiger partial charge in [0.25, 0.3) is 5.91 Å². The van der Waals surface area contributed by atoms with Crippen molar-refractivity contribution in [3.63, 3.8) is 0 Å². The maximum Gasteiger partial charge on any atom is 0.273 e. The first kappa shape index (κ1) is 20.9. The van der Waals surface area contributed by atoms with Crippen LogP contribution in [-0.2, 0) is 11.2 Å². The molecule has 0 unspecified atom stereocenters. The highest BCUT2D eigenvalue weighted by molar-refractivity contribution is 6.33. The van der Waals surface area contributed by atoms with Gasteiger partial charge in [-0.2, -0.15) is 5.10 Å². The Morgan fingerprint density at radius 2 is 1.90 bits per heavy atom. The monoisotopic (exact) mass is 394 g/mol. The first-order valence-corrected chi connectivity index (χ1v) is 10.1. The summed E-state index contributed by atoms with van der Waals surface area (Å²) in [7, 11) is 4.21. The van der Waals surface area contributed by atoms with E-state index in [0.29, 0.717) is 17.2 Å². The molecular weight excluding hydrogens is 364 g/mol. The molecule has 2 aromatic rings. The third-order valence-electron chi connectivity index (χ3n) is 5.14. The van der Waals surface area contributed by atoms with Gasteiger partial charge in [-0.05, 0) is 69.9 Å². The number of aryl methyl sites for hydroxylation is 1. The van der Waals surface area contributed by atoms with Crippen molar-refractivity contribution in [2.45, 2.75) is 46.0 Å². The van der Waals surface area contributed by atoms with E-state index in [-0.39, 0.29) is 5.91 Å². The van der Waals surface area contributed by atoms with Crippen molar-refractivity contribution < 1.29 is 4.79 Å². The van der Waals surface area contributed by atoms with Crippen molar-refractivity contribution in [1.82, 2.24) is 25.3 Å². The van der Waals surface area contributed by atoms with Gasteiger partial charge in [0.05, 0.1) is 5.57 Å². The third kappa shape index (κ3) is 4.79. The minimum Gasteiger partial charge on any atom is -0.359 e. The smallest absolute Gasteiger partial charge is 0.273 e. The summed E-state index contributed by atoms with van der Waals surface area (Å²) < 4.78 is 0. The number of nitrogens with one attached hydrogen (secondary N) is 2. The Balaban J connectivity index is 1.92. The Labute approximate surface area is 172 Å². The third-order valence-corrected chi connectivity index (χ3v) is 5.14. The summed E-state index contributed by atoms with van der Waals surface area (Å²) in [5, 5.41) is 4.20. The van der Waals surface area contributed by atoms with E-state index in [2.05, 4.69) is 65.2 Å². The van der Waals surface area contributed by atoms with Gasteiger partial charge in [-0.1, -0.05) is 13.8 Å². The molecule has 2 aromatic heterocycles. The quantitative estimate of drug-likeness (QED) is 0.532. The second-order valence-corrected chi connectivity index (χ2v) is 8.06. The number of carbonyl (C=O) groups is 1.